The fourth-order valence-electron chi connectivity index (χ4n) is 3.06. The van der Waals surface area contributed by atoms with Crippen molar-refractivity contribution in [1.29, 1.82) is 5.26 Å². The van der Waals surface area contributed by atoms with Gasteiger partial charge in [0.15, 0.2) is 0 Å². The maximum atomic E-state index is 12.9. The number of methoxy groups -OCH3 is 1. The normalized spacial score (nSPS) is 18.2. The van der Waals surface area contributed by atoms with Gasteiger partial charge in [0.25, 0.3) is 5.91 Å². The lowest BCUT2D eigenvalue weighted by Crippen LogP contribution is -2.41. The topological polar surface area (TPSA) is 109 Å². The lowest BCUT2D eigenvalue weighted by Gasteiger charge is -2.22. The van der Waals surface area contributed by atoms with Gasteiger partial charge in [-0.15, -0.1) is 0 Å². The van der Waals surface area contributed by atoms with Crippen LogP contribution in [0.5, 0.6) is 5.75 Å². The molecule has 0 unspecified atom stereocenters. The standard InChI is InChI=1S/C21H19N3O5/c1-21(16-8-6-14(13-22)7-9-16)19(26)24(20(27)23-21)10-11-29-17-5-3-4-15(12-17)18(25)28-2/h3-9,12H,10-11H2,1-2H3,(H,23,27)/t21-/m1/s1. The Bertz CT molecular complexity index is 996. The smallest absolute Gasteiger partial charge is 0.337 e. The molecule has 1 atom stereocenters. The Morgan fingerprint density at radius 1 is 1.21 bits per heavy atom. The molecule has 1 aliphatic heterocycles. The minimum Gasteiger partial charge on any atom is -0.492 e. The Hall–Kier alpha value is -3.86. The first-order valence-electron chi connectivity index (χ1n) is 8.85. The van der Waals surface area contributed by atoms with Crippen molar-refractivity contribution >= 4 is 17.9 Å². The number of nitrogens with zero attached hydrogens (tertiary/aromatic N) is 2. The molecule has 2 aromatic rings. The molecule has 0 spiro atoms. The zero-order valence-electron chi connectivity index (χ0n) is 16.0. The van der Waals surface area contributed by atoms with E-state index in [1.54, 1.807) is 49.4 Å². The van der Waals surface area contributed by atoms with Crippen molar-refractivity contribution in [2.45, 2.75) is 12.5 Å². The summed E-state index contributed by atoms with van der Waals surface area (Å²) < 4.78 is 10.3. The van der Waals surface area contributed by atoms with Crippen LogP contribution in [0.25, 0.3) is 0 Å². The fraction of sp³-hybridized carbons (Fsp3) is 0.238. The number of amides is 3. The van der Waals surface area contributed by atoms with Gasteiger partial charge in [-0.05, 0) is 42.8 Å². The molecule has 1 heterocycles. The monoisotopic (exact) mass is 393 g/mol. The number of imide groups is 1. The van der Waals surface area contributed by atoms with Gasteiger partial charge < -0.3 is 14.8 Å². The molecule has 0 bridgehead atoms. The molecule has 29 heavy (non-hydrogen) atoms. The van der Waals surface area contributed by atoms with Crippen molar-refractivity contribution in [2.24, 2.45) is 0 Å². The molecule has 1 N–H and O–H groups in total. The van der Waals surface area contributed by atoms with Crippen LogP contribution >= 0.6 is 0 Å². The molecule has 0 aromatic heterocycles. The van der Waals surface area contributed by atoms with Crippen LogP contribution in [0.4, 0.5) is 4.79 Å². The summed E-state index contributed by atoms with van der Waals surface area (Å²) in [6.45, 7) is 1.72. The van der Waals surface area contributed by atoms with Crippen LogP contribution in [0, 0.1) is 11.3 Å². The highest BCUT2D eigenvalue weighted by Gasteiger charge is 2.48. The SMILES string of the molecule is COC(=O)c1cccc(OCCN2C(=O)N[C@](C)(c3ccc(C#N)cc3)C2=O)c1. The minimum absolute atomic E-state index is 0.0407. The lowest BCUT2D eigenvalue weighted by molar-refractivity contribution is -0.131. The van der Waals surface area contributed by atoms with E-state index in [4.69, 9.17) is 10.00 Å². The minimum atomic E-state index is -1.21. The number of carbonyl (C=O) groups excluding carboxylic acids is 3. The first-order valence-corrected chi connectivity index (χ1v) is 8.85. The molecular weight excluding hydrogens is 374 g/mol. The van der Waals surface area contributed by atoms with E-state index < -0.39 is 23.4 Å². The number of rotatable bonds is 6. The first-order chi connectivity index (χ1) is 13.9. The molecule has 1 saturated heterocycles. The number of hydrogen-bond acceptors (Lipinski definition) is 6. The Morgan fingerprint density at radius 2 is 1.93 bits per heavy atom. The van der Waals surface area contributed by atoms with Gasteiger partial charge in [-0.1, -0.05) is 18.2 Å². The Balaban J connectivity index is 1.66. The van der Waals surface area contributed by atoms with Crippen LogP contribution < -0.4 is 10.1 Å². The molecule has 148 valence electrons. The third-order valence-corrected chi connectivity index (χ3v) is 4.71. The second kappa shape index (κ2) is 8.02. The summed E-state index contributed by atoms with van der Waals surface area (Å²) in [6.07, 6.45) is 0. The second-order valence-corrected chi connectivity index (χ2v) is 6.57. The maximum absolute atomic E-state index is 12.9. The predicted octanol–water partition coefficient (Wildman–Crippen LogP) is 2.19. The van der Waals surface area contributed by atoms with Crippen molar-refractivity contribution in [3.05, 3.63) is 65.2 Å². The molecular formula is C21H19N3O5. The van der Waals surface area contributed by atoms with Crippen molar-refractivity contribution in [1.82, 2.24) is 10.2 Å². The number of ether oxygens (including phenoxy) is 2. The van der Waals surface area contributed by atoms with Gasteiger partial charge in [-0.3, -0.25) is 9.69 Å². The molecule has 3 rings (SSSR count). The van der Waals surface area contributed by atoms with E-state index in [0.717, 1.165) is 4.90 Å². The summed E-state index contributed by atoms with van der Waals surface area (Å²) in [6, 6.07) is 14.4. The van der Waals surface area contributed by atoms with Crippen molar-refractivity contribution in [3.8, 4) is 11.8 Å². The first kappa shape index (κ1) is 19.9. The van der Waals surface area contributed by atoms with Crippen molar-refractivity contribution in [2.75, 3.05) is 20.3 Å². The molecule has 2 aromatic carbocycles. The van der Waals surface area contributed by atoms with E-state index in [1.807, 2.05) is 6.07 Å². The number of hydrogen-bond donors (Lipinski definition) is 1. The van der Waals surface area contributed by atoms with E-state index in [1.165, 1.54) is 13.2 Å². The second-order valence-electron chi connectivity index (χ2n) is 6.57. The summed E-state index contributed by atoms with van der Waals surface area (Å²) in [5, 5.41) is 11.6. The molecule has 3 amide bonds. The zero-order chi connectivity index (χ0) is 21.0. The van der Waals surface area contributed by atoms with Crippen molar-refractivity contribution < 1.29 is 23.9 Å². The summed E-state index contributed by atoms with van der Waals surface area (Å²) in [7, 11) is 1.29. The van der Waals surface area contributed by atoms with E-state index >= 15 is 0 Å². The summed E-state index contributed by atoms with van der Waals surface area (Å²) in [5.41, 5.74) is 0.182. The third kappa shape index (κ3) is 3.89. The molecule has 0 radical (unpaired) electrons. The van der Waals surface area contributed by atoms with Crippen LogP contribution in [-0.4, -0.2) is 43.1 Å². The molecule has 0 saturated carbocycles. The summed E-state index contributed by atoms with van der Waals surface area (Å²) in [5.74, 6) is -0.461. The maximum Gasteiger partial charge on any atom is 0.337 e. The van der Waals surface area contributed by atoms with E-state index in [-0.39, 0.29) is 13.2 Å². The van der Waals surface area contributed by atoms with Crippen LogP contribution in [0.3, 0.4) is 0 Å². The Labute approximate surface area is 167 Å². The van der Waals surface area contributed by atoms with Crippen LogP contribution in [0.2, 0.25) is 0 Å². The average molecular weight is 393 g/mol. The van der Waals surface area contributed by atoms with Gasteiger partial charge in [0, 0.05) is 0 Å². The number of carbonyl (C=O) groups is 3. The van der Waals surface area contributed by atoms with E-state index in [2.05, 4.69) is 10.1 Å². The van der Waals surface area contributed by atoms with Gasteiger partial charge in [0.2, 0.25) is 0 Å². The number of nitrogens with one attached hydrogen (secondary N) is 1. The van der Waals surface area contributed by atoms with E-state index in [0.29, 0.717) is 22.4 Å². The Morgan fingerprint density at radius 3 is 2.59 bits per heavy atom. The van der Waals surface area contributed by atoms with Gasteiger partial charge in [-0.2, -0.15) is 5.26 Å². The summed E-state index contributed by atoms with van der Waals surface area (Å²) in [4.78, 5) is 37.9. The summed E-state index contributed by atoms with van der Waals surface area (Å²) >= 11 is 0. The zero-order valence-corrected chi connectivity index (χ0v) is 16.0. The largest absolute Gasteiger partial charge is 0.492 e. The molecule has 0 aliphatic carbocycles. The highest BCUT2D eigenvalue weighted by molar-refractivity contribution is 6.07. The quantitative estimate of drug-likeness (QED) is 0.595. The van der Waals surface area contributed by atoms with Crippen LogP contribution in [-0.2, 0) is 15.1 Å². The number of benzene rings is 2. The molecule has 1 aliphatic rings. The highest BCUT2D eigenvalue weighted by Crippen LogP contribution is 2.29. The number of urea groups is 1. The highest BCUT2D eigenvalue weighted by atomic mass is 16.5. The number of esters is 1. The van der Waals surface area contributed by atoms with Gasteiger partial charge >= 0.3 is 12.0 Å². The Kier molecular flexibility index (Phi) is 5.50. The van der Waals surface area contributed by atoms with Gasteiger partial charge in [-0.25, -0.2) is 9.59 Å². The van der Waals surface area contributed by atoms with Crippen molar-refractivity contribution in [3.63, 3.8) is 0 Å². The third-order valence-electron chi connectivity index (χ3n) is 4.71. The van der Waals surface area contributed by atoms with Crippen LogP contribution in [0.1, 0.15) is 28.4 Å². The van der Waals surface area contributed by atoms with E-state index in [9.17, 15) is 14.4 Å². The lowest BCUT2D eigenvalue weighted by atomic mass is 9.91. The number of nitriles is 1. The molecule has 8 heteroatoms. The fourth-order valence-corrected chi connectivity index (χ4v) is 3.06. The van der Waals surface area contributed by atoms with Gasteiger partial charge in [0.1, 0.15) is 17.9 Å². The molecule has 8 nitrogen and oxygen atoms in total. The van der Waals surface area contributed by atoms with Crippen LogP contribution in [0.15, 0.2) is 48.5 Å². The predicted molar refractivity (Wildman–Crippen MR) is 102 cm³/mol. The van der Waals surface area contributed by atoms with Gasteiger partial charge in [0.05, 0.1) is 30.9 Å². The average Bonchev–Trinajstić information content (AvgIpc) is 2.97. The molecule has 1 fully saturated rings.